The van der Waals surface area contributed by atoms with E-state index in [1.165, 1.54) is 0 Å². The first-order valence-electron chi connectivity index (χ1n) is 8.40. The summed E-state index contributed by atoms with van der Waals surface area (Å²) in [7, 11) is -1.76. The first-order chi connectivity index (χ1) is 12.4. The average Bonchev–Trinajstić information content (AvgIpc) is 3.09. The second-order valence-electron chi connectivity index (χ2n) is 6.38. The third-order valence-corrected chi connectivity index (χ3v) is 5.03. The fourth-order valence-electron chi connectivity index (χ4n) is 3.28. The molecule has 0 spiro atoms. The van der Waals surface area contributed by atoms with Crippen LogP contribution in [0.4, 0.5) is 5.69 Å². The topological polar surface area (TPSA) is 75.7 Å². The Morgan fingerprint density at radius 1 is 1.19 bits per heavy atom. The maximum Gasteiger partial charge on any atom is 0.254 e. The number of nitrogens with zero attached hydrogens (tertiary/aromatic N) is 1. The number of amides is 1. The molecule has 2 aromatic rings. The molecule has 0 aliphatic carbocycles. The van der Waals surface area contributed by atoms with E-state index in [9.17, 15) is 13.2 Å². The molecular weight excluding hydrogens is 352 g/mol. The van der Waals surface area contributed by atoms with E-state index in [1.54, 1.807) is 31.4 Å². The van der Waals surface area contributed by atoms with Gasteiger partial charge in [-0.25, -0.2) is 8.42 Å². The minimum atomic E-state index is -3.39. The molecule has 3 rings (SSSR count). The van der Waals surface area contributed by atoms with Crippen LogP contribution in [0.1, 0.15) is 34.8 Å². The fourth-order valence-corrected chi connectivity index (χ4v) is 3.83. The van der Waals surface area contributed by atoms with Crippen molar-refractivity contribution in [3.63, 3.8) is 0 Å². The summed E-state index contributed by atoms with van der Waals surface area (Å²) in [5.41, 5.74) is 1.93. The van der Waals surface area contributed by atoms with Crippen LogP contribution in [-0.2, 0) is 10.0 Å². The predicted octanol–water partition coefficient (Wildman–Crippen LogP) is 3.04. The van der Waals surface area contributed by atoms with Gasteiger partial charge in [0, 0.05) is 17.8 Å². The molecule has 1 atom stereocenters. The summed E-state index contributed by atoms with van der Waals surface area (Å²) in [6.07, 6.45) is 2.92. The van der Waals surface area contributed by atoms with Crippen LogP contribution in [0.15, 0.2) is 48.5 Å². The summed E-state index contributed by atoms with van der Waals surface area (Å²) in [5.74, 6) is 0.685. The zero-order valence-corrected chi connectivity index (χ0v) is 15.6. The van der Waals surface area contributed by atoms with Gasteiger partial charge in [0.25, 0.3) is 5.91 Å². The third-order valence-electron chi connectivity index (χ3n) is 4.43. The van der Waals surface area contributed by atoms with Crippen molar-refractivity contribution in [1.82, 2.24) is 4.90 Å². The lowest BCUT2D eigenvalue weighted by Crippen LogP contribution is -2.30. The van der Waals surface area contributed by atoms with Gasteiger partial charge in [-0.3, -0.25) is 9.52 Å². The molecule has 1 N–H and O–H groups in total. The highest BCUT2D eigenvalue weighted by Gasteiger charge is 2.30. The molecule has 6 nitrogen and oxygen atoms in total. The largest absolute Gasteiger partial charge is 0.497 e. The molecule has 2 aromatic carbocycles. The zero-order valence-electron chi connectivity index (χ0n) is 14.8. The molecule has 1 saturated heterocycles. The van der Waals surface area contributed by atoms with Gasteiger partial charge in [-0.2, -0.15) is 0 Å². The van der Waals surface area contributed by atoms with E-state index < -0.39 is 10.0 Å². The Labute approximate surface area is 153 Å². The molecule has 1 fully saturated rings. The lowest BCUT2D eigenvalue weighted by molar-refractivity contribution is 0.0735. The van der Waals surface area contributed by atoms with Crippen molar-refractivity contribution >= 4 is 21.6 Å². The smallest absolute Gasteiger partial charge is 0.254 e. The number of sulfonamides is 1. The Balaban J connectivity index is 1.83. The van der Waals surface area contributed by atoms with Gasteiger partial charge in [-0.15, -0.1) is 0 Å². The van der Waals surface area contributed by atoms with Crippen LogP contribution in [0.5, 0.6) is 5.75 Å². The number of likely N-dealkylation sites (tertiary alicyclic amines) is 1. The highest BCUT2D eigenvalue weighted by atomic mass is 32.2. The van der Waals surface area contributed by atoms with Crippen LogP contribution in [0.2, 0.25) is 0 Å². The Kier molecular flexibility index (Phi) is 5.18. The van der Waals surface area contributed by atoms with Crippen molar-refractivity contribution in [2.24, 2.45) is 0 Å². The predicted molar refractivity (Wildman–Crippen MR) is 101 cm³/mol. The average molecular weight is 374 g/mol. The van der Waals surface area contributed by atoms with Gasteiger partial charge >= 0.3 is 0 Å². The summed E-state index contributed by atoms with van der Waals surface area (Å²) in [4.78, 5) is 14.8. The number of anilines is 1. The van der Waals surface area contributed by atoms with Gasteiger partial charge in [0.15, 0.2) is 0 Å². The van der Waals surface area contributed by atoms with Crippen molar-refractivity contribution < 1.29 is 17.9 Å². The zero-order chi connectivity index (χ0) is 18.7. The molecule has 26 heavy (non-hydrogen) atoms. The molecule has 138 valence electrons. The molecule has 0 aromatic heterocycles. The van der Waals surface area contributed by atoms with Crippen molar-refractivity contribution in [3.8, 4) is 5.75 Å². The second kappa shape index (κ2) is 7.37. The maximum absolute atomic E-state index is 13.0. The van der Waals surface area contributed by atoms with Crippen LogP contribution in [0, 0.1) is 0 Å². The molecule has 1 aliphatic rings. The summed E-state index contributed by atoms with van der Waals surface area (Å²) < 4.78 is 30.4. The Hall–Kier alpha value is -2.54. The van der Waals surface area contributed by atoms with Gasteiger partial charge in [-0.05, 0) is 48.7 Å². The number of hydrogen-bond acceptors (Lipinski definition) is 4. The number of benzene rings is 2. The summed E-state index contributed by atoms with van der Waals surface area (Å²) in [5, 5.41) is 0. The van der Waals surface area contributed by atoms with E-state index in [2.05, 4.69) is 4.72 Å². The number of hydrogen-bond donors (Lipinski definition) is 1. The van der Waals surface area contributed by atoms with Gasteiger partial charge in [0.1, 0.15) is 5.75 Å². The molecule has 1 heterocycles. The van der Waals surface area contributed by atoms with E-state index in [1.807, 2.05) is 29.2 Å². The molecular formula is C19H22N2O4S. The SMILES string of the molecule is COc1ccc([C@@H]2CCCN2C(=O)c2cccc(NS(C)(=O)=O)c2)cc1. The second-order valence-corrected chi connectivity index (χ2v) is 8.13. The molecule has 0 radical (unpaired) electrons. The van der Waals surface area contributed by atoms with E-state index in [4.69, 9.17) is 4.74 Å². The van der Waals surface area contributed by atoms with Crippen LogP contribution >= 0.6 is 0 Å². The van der Waals surface area contributed by atoms with E-state index in [-0.39, 0.29) is 11.9 Å². The molecule has 0 unspecified atom stereocenters. The standard InChI is InChI=1S/C19H22N2O4S/c1-25-17-10-8-14(9-11-17)18-7-4-12-21(18)19(22)15-5-3-6-16(13-15)20-26(2,23)24/h3,5-6,8-11,13,18,20H,4,7,12H2,1-2H3/t18-/m0/s1. The molecule has 7 heteroatoms. The van der Waals surface area contributed by atoms with Crippen LogP contribution in [-0.4, -0.2) is 39.1 Å². The number of ether oxygens (including phenoxy) is 1. The van der Waals surface area contributed by atoms with E-state index >= 15 is 0 Å². The van der Waals surface area contributed by atoms with Crippen molar-refractivity contribution in [3.05, 3.63) is 59.7 Å². The van der Waals surface area contributed by atoms with Gasteiger partial charge in [0.05, 0.1) is 19.4 Å². The highest BCUT2D eigenvalue weighted by Crippen LogP contribution is 2.34. The minimum absolute atomic E-state index is 0.0138. The number of rotatable bonds is 5. The van der Waals surface area contributed by atoms with E-state index in [0.717, 1.165) is 30.4 Å². The molecule has 1 aliphatic heterocycles. The van der Waals surface area contributed by atoms with Crippen LogP contribution in [0.3, 0.4) is 0 Å². The lowest BCUT2D eigenvalue weighted by atomic mass is 10.0. The normalized spacial score (nSPS) is 17.2. The van der Waals surface area contributed by atoms with Crippen molar-refractivity contribution in [1.29, 1.82) is 0 Å². The number of carbonyl (C=O) groups excluding carboxylic acids is 1. The monoisotopic (exact) mass is 374 g/mol. The minimum Gasteiger partial charge on any atom is -0.497 e. The van der Waals surface area contributed by atoms with Crippen molar-refractivity contribution in [2.75, 3.05) is 24.6 Å². The summed E-state index contributed by atoms with van der Waals surface area (Å²) >= 11 is 0. The third kappa shape index (κ3) is 4.16. The first kappa shape index (κ1) is 18.3. The summed E-state index contributed by atoms with van der Waals surface area (Å²) in [6.45, 7) is 0.680. The quantitative estimate of drug-likeness (QED) is 0.873. The maximum atomic E-state index is 13.0. The first-order valence-corrected chi connectivity index (χ1v) is 10.3. The molecule has 0 bridgehead atoms. The number of methoxy groups -OCH3 is 1. The number of carbonyl (C=O) groups is 1. The van der Waals surface area contributed by atoms with Gasteiger partial charge < -0.3 is 9.64 Å². The Bertz CT molecular complexity index is 894. The number of nitrogens with one attached hydrogen (secondary N) is 1. The molecule has 1 amide bonds. The van der Waals surface area contributed by atoms with E-state index in [0.29, 0.717) is 17.8 Å². The Morgan fingerprint density at radius 3 is 2.58 bits per heavy atom. The van der Waals surface area contributed by atoms with Gasteiger partial charge in [-0.1, -0.05) is 18.2 Å². The highest BCUT2D eigenvalue weighted by molar-refractivity contribution is 7.92. The van der Waals surface area contributed by atoms with Gasteiger partial charge in [0.2, 0.25) is 10.0 Å². The lowest BCUT2D eigenvalue weighted by Gasteiger charge is -2.25. The van der Waals surface area contributed by atoms with Crippen LogP contribution in [0.25, 0.3) is 0 Å². The fraction of sp³-hybridized carbons (Fsp3) is 0.316. The van der Waals surface area contributed by atoms with Crippen molar-refractivity contribution in [2.45, 2.75) is 18.9 Å². The summed E-state index contributed by atoms with van der Waals surface area (Å²) in [6, 6.07) is 14.4. The molecule has 0 saturated carbocycles. The van der Waals surface area contributed by atoms with Crippen LogP contribution < -0.4 is 9.46 Å². The Morgan fingerprint density at radius 2 is 1.92 bits per heavy atom.